The van der Waals surface area contributed by atoms with Crippen LogP contribution in [-0.4, -0.2) is 5.92 Å². The molecule has 0 aliphatic heterocycles. The quantitative estimate of drug-likeness (QED) is 0.790. The fraction of sp³-hybridized carbons (Fsp3) is 0.467. The molecule has 2 aromatic rings. The van der Waals surface area contributed by atoms with Crippen LogP contribution in [0.5, 0.6) is 0 Å². The predicted octanol–water partition coefficient (Wildman–Crippen LogP) is 4.90. The molecule has 2 N–H and O–H groups in total. The number of thiophene rings is 1. The highest BCUT2D eigenvalue weighted by atomic mass is 32.1. The van der Waals surface area contributed by atoms with Crippen LogP contribution in [0.4, 0.5) is 13.8 Å². The number of nitrogens with two attached hydrogens (primary N) is 1. The summed E-state index contributed by atoms with van der Waals surface area (Å²) < 4.78 is 27.9. The van der Waals surface area contributed by atoms with E-state index in [1.807, 2.05) is 18.2 Å². The first kappa shape index (κ1) is 12.9. The highest BCUT2D eigenvalue weighted by molar-refractivity contribution is 7.23. The maximum atomic E-state index is 13.4. The number of halogens is 2. The van der Waals surface area contributed by atoms with E-state index in [1.54, 1.807) is 0 Å². The number of hydrogen-bond donors (Lipinski definition) is 1. The third-order valence-electron chi connectivity index (χ3n) is 3.76. The summed E-state index contributed by atoms with van der Waals surface area (Å²) in [6.45, 7) is 6.30. The number of anilines is 1. The van der Waals surface area contributed by atoms with Crippen LogP contribution in [-0.2, 0) is 5.41 Å². The van der Waals surface area contributed by atoms with Crippen LogP contribution >= 0.6 is 11.3 Å². The summed E-state index contributed by atoms with van der Waals surface area (Å²) in [4.78, 5) is 0. The SMILES string of the molecule is CC(C)(C)c1cccc2sc(N)c(C3CC3(F)F)c12. The second-order valence-corrected chi connectivity index (χ2v) is 7.41. The van der Waals surface area contributed by atoms with E-state index >= 15 is 0 Å². The summed E-state index contributed by atoms with van der Waals surface area (Å²) in [5.74, 6) is -3.27. The van der Waals surface area contributed by atoms with Gasteiger partial charge in [0.2, 0.25) is 0 Å². The molecule has 0 radical (unpaired) electrons. The van der Waals surface area contributed by atoms with Gasteiger partial charge in [0.15, 0.2) is 0 Å². The first-order valence-corrected chi connectivity index (χ1v) is 7.22. The van der Waals surface area contributed by atoms with Crippen molar-refractivity contribution in [3.63, 3.8) is 0 Å². The Kier molecular flexibility index (Phi) is 2.50. The lowest BCUT2D eigenvalue weighted by Gasteiger charge is -2.21. The minimum atomic E-state index is -2.58. The Bertz CT molecular complexity index is 652. The van der Waals surface area contributed by atoms with E-state index in [2.05, 4.69) is 20.8 Å². The van der Waals surface area contributed by atoms with Crippen LogP contribution in [0.25, 0.3) is 10.1 Å². The van der Waals surface area contributed by atoms with Crippen molar-refractivity contribution in [2.24, 2.45) is 0 Å². The molecule has 0 saturated heterocycles. The average Bonchev–Trinajstić information content (AvgIpc) is 2.76. The minimum absolute atomic E-state index is 0.0679. The largest absolute Gasteiger partial charge is 0.390 e. The van der Waals surface area contributed by atoms with Crippen molar-refractivity contribution in [2.75, 3.05) is 5.73 Å². The van der Waals surface area contributed by atoms with Gasteiger partial charge in [-0.05, 0) is 17.0 Å². The van der Waals surface area contributed by atoms with E-state index in [1.165, 1.54) is 11.3 Å². The molecular formula is C15H17F2NS. The number of benzene rings is 1. The predicted molar refractivity (Wildman–Crippen MR) is 77.2 cm³/mol. The summed E-state index contributed by atoms with van der Waals surface area (Å²) in [6, 6.07) is 5.97. The van der Waals surface area contributed by atoms with Gasteiger partial charge in [-0.2, -0.15) is 0 Å². The first-order chi connectivity index (χ1) is 8.72. The molecular weight excluding hydrogens is 264 g/mol. The van der Waals surface area contributed by atoms with Crippen LogP contribution in [0.15, 0.2) is 18.2 Å². The van der Waals surface area contributed by atoms with Crippen LogP contribution in [0, 0.1) is 0 Å². The van der Waals surface area contributed by atoms with Crippen molar-refractivity contribution in [3.05, 3.63) is 29.3 Å². The average molecular weight is 281 g/mol. The second-order valence-electron chi connectivity index (χ2n) is 6.33. The van der Waals surface area contributed by atoms with Crippen LogP contribution in [0.2, 0.25) is 0 Å². The van der Waals surface area contributed by atoms with Gasteiger partial charge in [-0.3, -0.25) is 0 Å². The number of nitrogen functional groups attached to an aromatic ring is 1. The lowest BCUT2D eigenvalue weighted by Crippen LogP contribution is -2.12. The minimum Gasteiger partial charge on any atom is -0.390 e. The third kappa shape index (κ3) is 1.93. The third-order valence-corrected chi connectivity index (χ3v) is 4.76. The zero-order chi connectivity index (χ0) is 14.0. The second kappa shape index (κ2) is 3.69. The zero-order valence-corrected chi connectivity index (χ0v) is 12.1. The maximum Gasteiger partial charge on any atom is 0.256 e. The van der Waals surface area contributed by atoms with Gasteiger partial charge >= 0.3 is 0 Å². The lowest BCUT2D eigenvalue weighted by molar-refractivity contribution is 0.112. The Morgan fingerprint density at radius 3 is 2.47 bits per heavy atom. The Morgan fingerprint density at radius 2 is 1.95 bits per heavy atom. The van der Waals surface area contributed by atoms with Crippen molar-refractivity contribution in [1.82, 2.24) is 0 Å². The maximum absolute atomic E-state index is 13.4. The molecule has 0 amide bonds. The molecule has 1 saturated carbocycles. The van der Waals surface area contributed by atoms with Gasteiger partial charge in [0.1, 0.15) is 0 Å². The molecule has 1 aromatic heterocycles. The van der Waals surface area contributed by atoms with Gasteiger partial charge < -0.3 is 5.73 Å². The van der Waals surface area contributed by atoms with Gasteiger partial charge in [0.25, 0.3) is 5.92 Å². The van der Waals surface area contributed by atoms with Gasteiger partial charge in [0.05, 0.1) is 10.9 Å². The van der Waals surface area contributed by atoms with Crippen molar-refractivity contribution < 1.29 is 8.78 Å². The molecule has 3 rings (SSSR count). The molecule has 1 atom stereocenters. The molecule has 4 heteroatoms. The van der Waals surface area contributed by atoms with Gasteiger partial charge in [0, 0.05) is 22.1 Å². The van der Waals surface area contributed by atoms with Gasteiger partial charge in [-0.1, -0.05) is 32.9 Å². The Labute approximate surface area is 115 Å². The summed E-state index contributed by atoms with van der Waals surface area (Å²) in [6.07, 6.45) is -0.0679. The molecule has 1 unspecified atom stereocenters. The summed E-state index contributed by atoms with van der Waals surface area (Å²) in [5, 5.41) is 1.51. The lowest BCUT2D eigenvalue weighted by atomic mass is 9.83. The van der Waals surface area contributed by atoms with E-state index in [-0.39, 0.29) is 11.8 Å². The molecule has 0 bridgehead atoms. The first-order valence-electron chi connectivity index (χ1n) is 6.41. The van der Waals surface area contributed by atoms with Crippen molar-refractivity contribution >= 4 is 26.4 Å². The molecule has 1 aliphatic carbocycles. The van der Waals surface area contributed by atoms with E-state index in [0.29, 0.717) is 10.6 Å². The van der Waals surface area contributed by atoms with Gasteiger partial charge in [-0.25, -0.2) is 8.78 Å². The Morgan fingerprint density at radius 1 is 1.32 bits per heavy atom. The van der Waals surface area contributed by atoms with E-state index in [4.69, 9.17) is 5.73 Å². The Balaban J connectivity index is 2.30. The smallest absolute Gasteiger partial charge is 0.256 e. The fourth-order valence-electron chi connectivity index (χ4n) is 2.69. The normalized spacial score (nSPS) is 21.8. The van der Waals surface area contributed by atoms with Crippen molar-refractivity contribution in [1.29, 1.82) is 0 Å². The van der Waals surface area contributed by atoms with E-state index < -0.39 is 11.8 Å². The van der Waals surface area contributed by atoms with Crippen molar-refractivity contribution in [2.45, 2.75) is 44.4 Å². The Hall–Kier alpha value is -1.16. The van der Waals surface area contributed by atoms with Crippen molar-refractivity contribution in [3.8, 4) is 0 Å². The number of alkyl halides is 2. The number of rotatable bonds is 1. The topological polar surface area (TPSA) is 26.0 Å². The highest BCUT2D eigenvalue weighted by Crippen LogP contribution is 2.60. The standard InChI is InChI=1S/C15H17F2NS/c1-14(2,3)8-5-4-6-10-11(8)12(13(18)19-10)9-7-15(9,16)17/h4-6,9H,7,18H2,1-3H3. The molecule has 1 aromatic carbocycles. The molecule has 1 aliphatic rings. The molecule has 0 spiro atoms. The summed E-state index contributed by atoms with van der Waals surface area (Å²) in [5.41, 5.74) is 7.72. The molecule has 1 nitrogen and oxygen atoms in total. The van der Waals surface area contributed by atoms with Crippen LogP contribution in [0.3, 0.4) is 0 Å². The molecule has 19 heavy (non-hydrogen) atoms. The number of fused-ring (bicyclic) bond motifs is 1. The molecule has 102 valence electrons. The van der Waals surface area contributed by atoms with Crippen LogP contribution < -0.4 is 5.73 Å². The highest BCUT2D eigenvalue weighted by Gasteiger charge is 2.59. The number of hydrogen-bond acceptors (Lipinski definition) is 2. The van der Waals surface area contributed by atoms with E-state index in [0.717, 1.165) is 15.6 Å². The monoisotopic (exact) mass is 281 g/mol. The van der Waals surface area contributed by atoms with E-state index in [9.17, 15) is 8.78 Å². The van der Waals surface area contributed by atoms with Crippen LogP contribution in [0.1, 0.15) is 44.2 Å². The zero-order valence-electron chi connectivity index (χ0n) is 11.3. The van der Waals surface area contributed by atoms with Gasteiger partial charge in [-0.15, -0.1) is 11.3 Å². The molecule has 1 heterocycles. The summed E-state index contributed by atoms with van der Waals surface area (Å²) in [7, 11) is 0. The summed E-state index contributed by atoms with van der Waals surface area (Å²) >= 11 is 1.42. The molecule has 1 fully saturated rings. The fourth-order valence-corrected chi connectivity index (χ4v) is 3.75.